The molecule has 106 valence electrons. The maximum atomic E-state index is 13.8. The van der Waals surface area contributed by atoms with Crippen LogP contribution in [0.4, 0.5) is 10.1 Å². The van der Waals surface area contributed by atoms with Gasteiger partial charge in [-0.25, -0.2) is 4.39 Å². The topological polar surface area (TPSA) is 85.4 Å². The molecule has 2 aromatic rings. The van der Waals surface area contributed by atoms with Crippen molar-refractivity contribution >= 4 is 5.69 Å². The summed E-state index contributed by atoms with van der Waals surface area (Å²) in [6, 6.07) is 9.25. The zero-order chi connectivity index (χ0) is 15.4. The van der Waals surface area contributed by atoms with Crippen molar-refractivity contribution in [2.75, 3.05) is 7.11 Å². The van der Waals surface area contributed by atoms with Crippen LogP contribution in [-0.4, -0.2) is 12.0 Å². The molecule has 7 heteroatoms. The van der Waals surface area contributed by atoms with E-state index in [1.165, 1.54) is 37.4 Å². The van der Waals surface area contributed by atoms with Crippen molar-refractivity contribution in [1.82, 2.24) is 0 Å². The number of hydrogen-bond donors (Lipinski definition) is 0. The van der Waals surface area contributed by atoms with Crippen LogP contribution in [0.25, 0.3) is 0 Å². The summed E-state index contributed by atoms with van der Waals surface area (Å²) in [5.74, 6) is -0.816. The highest BCUT2D eigenvalue weighted by atomic mass is 19.1. The van der Waals surface area contributed by atoms with E-state index in [2.05, 4.69) is 0 Å². The number of benzene rings is 2. The molecule has 0 unspecified atom stereocenters. The number of halogens is 1. The Labute approximate surface area is 119 Å². The molecule has 0 heterocycles. The van der Waals surface area contributed by atoms with Gasteiger partial charge in [0.1, 0.15) is 5.75 Å². The number of rotatable bonds is 4. The van der Waals surface area contributed by atoms with E-state index >= 15 is 0 Å². The molecule has 0 saturated heterocycles. The molecular weight excluding hydrogens is 279 g/mol. The molecule has 0 saturated carbocycles. The summed E-state index contributed by atoms with van der Waals surface area (Å²) in [6.07, 6.45) is 0. The second kappa shape index (κ2) is 5.88. The van der Waals surface area contributed by atoms with Crippen LogP contribution in [0.3, 0.4) is 0 Å². The van der Waals surface area contributed by atoms with E-state index in [0.29, 0.717) is 5.75 Å². The lowest BCUT2D eigenvalue weighted by atomic mass is 10.2. The smallest absolute Gasteiger partial charge is 0.311 e. The van der Waals surface area contributed by atoms with E-state index in [0.717, 1.165) is 6.07 Å². The Morgan fingerprint density at radius 3 is 2.57 bits per heavy atom. The predicted molar refractivity (Wildman–Crippen MR) is 70.8 cm³/mol. The first-order valence-corrected chi connectivity index (χ1v) is 5.75. The van der Waals surface area contributed by atoms with E-state index in [-0.39, 0.29) is 22.7 Å². The van der Waals surface area contributed by atoms with Crippen LogP contribution in [0.2, 0.25) is 0 Å². The highest BCUT2D eigenvalue weighted by molar-refractivity contribution is 5.52. The SMILES string of the molecule is COc1ccc([N+](=O)[O-])c(Oc2ccc(C#N)cc2F)c1. The van der Waals surface area contributed by atoms with Crippen LogP contribution >= 0.6 is 0 Å². The first-order chi connectivity index (χ1) is 10.0. The lowest BCUT2D eigenvalue weighted by Crippen LogP contribution is -1.96. The van der Waals surface area contributed by atoms with Gasteiger partial charge in [0.15, 0.2) is 11.6 Å². The number of nitriles is 1. The predicted octanol–water partition coefficient (Wildman–Crippen LogP) is 3.41. The lowest BCUT2D eigenvalue weighted by molar-refractivity contribution is -0.385. The normalized spacial score (nSPS) is 9.76. The maximum absolute atomic E-state index is 13.8. The van der Waals surface area contributed by atoms with Crippen molar-refractivity contribution in [2.45, 2.75) is 0 Å². The fourth-order valence-electron chi connectivity index (χ4n) is 1.63. The second-order valence-corrected chi connectivity index (χ2v) is 3.95. The third-order valence-electron chi connectivity index (χ3n) is 2.64. The summed E-state index contributed by atoms with van der Waals surface area (Å²) in [5, 5.41) is 19.6. The first-order valence-electron chi connectivity index (χ1n) is 5.75. The molecule has 0 aliphatic rings. The molecule has 2 rings (SSSR count). The summed E-state index contributed by atoms with van der Waals surface area (Å²) in [6.45, 7) is 0. The van der Waals surface area contributed by atoms with Crippen molar-refractivity contribution in [3.8, 4) is 23.3 Å². The summed E-state index contributed by atoms with van der Waals surface area (Å²) < 4.78 is 24.0. The number of methoxy groups -OCH3 is 1. The monoisotopic (exact) mass is 288 g/mol. The van der Waals surface area contributed by atoms with Gasteiger partial charge >= 0.3 is 5.69 Å². The quantitative estimate of drug-likeness (QED) is 0.635. The molecule has 0 fully saturated rings. The van der Waals surface area contributed by atoms with Gasteiger partial charge in [0, 0.05) is 12.1 Å². The van der Waals surface area contributed by atoms with Crippen molar-refractivity contribution in [3.63, 3.8) is 0 Å². The first kappa shape index (κ1) is 14.3. The molecule has 0 aliphatic heterocycles. The molecular formula is C14H9FN2O4. The van der Waals surface area contributed by atoms with Gasteiger partial charge < -0.3 is 9.47 Å². The minimum absolute atomic E-state index is 0.125. The third-order valence-corrected chi connectivity index (χ3v) is 2.64. The Bertz CT molecular complexity index is 740. The molecule has 0 atom stereocenters. The average Bonchev–Trinajstić information content (AvgIpc) is 2.48. The largest absolute Gasteiger partial charge is 0.497 e. The third kappa shape index (κ3) is 3.06. The zero-order valence-corrected chi connectivity index (χ0v) is 10.9. The van der Waals surface area contributed by atoms with Gasteiger partial charge in [-0.1, -0.05) is 0 Å². The Kier molecular flexibility index (Phi) is 4.00. The molecule has 0 N–H and O–H groups in total. The summed E-state index contributed by atoms with van der Waals surface area (Å²) in [5.41, 5.74) is -0.195. The highest BCUT2D eigenvalue weighted by Crippen LogP contribution is 2.35. The van der Waals surface area contributed by atoms with Crippen molar-refractivity contribution < 1.29 is 18.8 Å². The minimum atomic E-state index is -0.786. The van der Waals surface area contributed by atoms with Gasteiger partial charge in [-0.3, -0.25) is 10.1 Å². The van der Waals surface area contributed by atoms with Crippen molar-refractivity contribution in [3.05, 3.63) is 57.9 Å². The summed E-state index contributed by atoms with van der Waals surface area (Å²) in [4.78, 5) is 10.3. The van der Waals surface area contributed by atoms with Gasteiger partial charge in [0.25, 0.3) is 0 Å². The Morgan fingerprint density at radius 1 is 1.24 bits per heavy atom. The molecule has 21 heavy (non-hydrogen) atoms. The van der Waals surface area contributed by atoms with Crippen LogP contribution in [0.5, 0.6) is 17.2 Å². The summed E-state index contributed by atoms with van der Waals surface area (Å²) in [7, 11) is 1.40. The van der Waals surface area contributed by atoms with Crippen molar-refractivity contribution in [1.29, 1.82) is 5.26 Å². The van der Waals surface area contributed by atoms with Crippen LogP contribution < -0.4 is 9.47 Å². The number of nitro groups is 1. The molecule has 0 spiro atoms. The Hall–Kier alpha value is -3.14. The lowest BCUT2D eigenvalue weighted by Gasteiger charge is -2.09. The van der Waals surface area contributed by atoms with Gasteiger partial charge in [-0.2, -0.15) is 5.26 Å². The van der Waals surface area contributed by atoms with Gasteiger partial charge in [0.2, 0.25) is 5.75 Å². The molecule has 6 nitrogen and oxygen atoms in total. The van der Waals surface area contributed by atoms with Gasteiger partial charge in [-0.15, -0.1) is 0 Å². The summed E-state index contributed by atoms with van der Waals surface area (Å²) >= 11 is 0. The fourth-order valence-corrected chi connectivity index (χ4v) is 1.63. The Balaban J connectivity index is 2.43. The van der Waals surface area contributed by atoms with E-state index in [4.69, 9.17) is 14.7 Å². The number of ether oxygens (including phenoxy) is 2. The molecule has 0 aromatic heterocycles. The highest BCUT2D eigenvalue weighted by Gasteiger charge is 2.18. The van der Waals surface area contributed by atoms with Crippen LogP contribution in [0.1, 0.15) is 5.56 Å². The molecule has 0 bridgehead atoms. The van der Waals surface area contributed by atoms with E-state index in [1.54, 1.807) is 6.07 Å². The molecule has 2 aromatic carbocycles. The van der Waals surface area contributed by atoms with Crippen LogP contribution in [0, 0.1) is 27.3 Å². The zero-order valence-electron chi connectivity index (χ0n) is 10.9. The van der Waals surface area contributed by atoms with E-state index < -0.39 is 10.7 Å². The van der Waals surface area contributed by atoms with Gasteiger partial charge in [-0.05, 0) is 24.3 Å². The number of nitrogens with zero attached hydrogens (tertiary/aromatic N) is 2. The average molecular weight is 288 g/mol. The molecule has 0 amide bonds. The second-order valence-electron chi connectivity index (χ2n) is 3.95. The standard InChI is InChI=1S/C14H9FN2O4/c1-20-10-3-4-12(17(18)19)14(7-10)21-13-5-2-9(8-16)6-11(13)15/h2-7H,1H3. The molecule has 0 radical (unpaired) electrons. The van der Waals surface area contributed by atoms with Gasteiger partial charge in [0.05, 0.1) is 23.7 Å². The Morgan fingerprint density at radius 2 is 2.00 bits per heavy atom. The maximum Gasteiger partial charge on any atom is 0.311 e. The number of hydrogen-bond acceptors (Lipinski definition) is 5. The van der Waals surface area contributed by atoms with E-state index in [1.807, 2.05) is 0 Å². The number of nitro benzene ring substituents is 1. The van der Waals surface area contributed by atoms with Crippen molar-refractivity contribution in [2.24, 2.45) is 0 Å². The van der Waals surface area contributed by atoms with Crippen LogP contribution in [0.15, 0.2) is 36.4 Å². The minimum Gasteiger partial charge on any atom is -0.497 e. The molecule has 0 aliphatic carbocycles. The fraction of sp³-hybridized carbons (Fsp3) is 0.0714. The van der Waals surface area contributed by atoms with Crippen LogP contribution in [-0.2, 0) is 0 Å². The van der Waals surface area contributed by atoms with E-state index in [9.17, 15) is 14.5 Å².